The summed E-state index contributed by atoms with van der Waals surface area (Å²) in [7, 11) is 0. The number of nitrogens with zero attached hydrogens (tertiary/aromatic N) is 1. The minimum Gasteiger partial charge on any atom is -0.394 e. The van der Waals surface area contributed by atoms with Crippen LogP contribution in [0.2, 0.25) is 0 Å². The summed E-state index contributed by atoms with van der Waals surface area (Å²) in [5, 5.41) is 15.5. The number of nitrogens with one attached hydrogen (secondary N) is 1. The molecule has 0 aromatic heterocycles. The molecule has 0 heterocycles. The summed E-state index contributed by atoms with van der Waals surface area (Å²) in [6, 6.07) is 1.98. The molecule has 2 N–H and O–H groups in total. The third kappa shape index (κ3) is 3.51. The fourth-order valence-corrected chi connectivity index (χ4v) is 0.786. The van der Waals surface area contributed by atoms with Crippen LogP contribution in [0, 0.1) is 5.41 Å². The molecule has 0 aliphatic heterocycles. The summed E-state index contributed by atoms with van der Waals surface area (Å²) >= 11 is 0. The van der Waals surface area contributed by atoms with Crippen LogP contribution in [-0.2, 0) is 0 Å². The maximum atomic E-state index is 8.89. The molecule has 3 nitrogen and oxygen atoms in total. The van der Waals surface area contributed by atoms with Crippen molar-refractivity contribution >= 4 is 18.4 Å². The van der Waals surface area contributed by atoms with Crippen molar-refractivity contribution < 1.29 is 5.11 Å². The number of aliphatic imine (C=N–C) groups is 1. The van der Waals surface area contributed by atoms with Crippen LogP contribution < -0.4 is 0 Å². The standard InChI is InChI=1S/C7H14N2O.ClH/c1-3-7(4-2,5-10)9-6-8;/h8,10H,3-5H2,1-2H3;1H. The topological polar surface area (TPSA) is 56.4 Å². The molecular weight excluding hydrogens is 164 g/mol. The Bertz CT molecular complexity index is 131. The van der Waals surface area contributed by atoms with Gasteiger partial charge >= 0.3 is 0 Å². The highest BCUT2D eigenvalue weighted by atomic mass is 35.5. The predicted molar refractivity (Wildman–Crippen MR) is 47.8 cm³/mol. The third-order valence-corrected chi connectivity index (χ3v) is 1.90. The zero-order valence-corrected chi connectivity index (χ0v) is 7.74. The predicted octanol–water partition coefficient (Wildman–Crippen LogP) is 1.71. The molecule has 11 heavy (non-hydrogen) atoms. The van der Waals surface area contributed by atoms with E-state index in [1.807, 2.05) is 19.9 Å². The lowest BCUT2D eigenvalue weighted by molar-refractivity contribution is 0.189. The molecular formula is C7H15ClN2O. The Morgan fingerprint density at radius 2 is 1.91 bits per heavy atom. The average molecular weight is 179 g/mol. The second-order valence-electron chi connectivity index (χ2n) is 2.31. The fourth-order valence-electron chi connectivity index (χ4n) is 0.786. The molecule has 0 unspecified atom stereocenters. The van der Waals surface area contributed by atoms with E-state index in [9.17, 15) is 0 Å². The molecule has 0 atom stereocenters. The summed E-state index contributed by atoms with van der Waals surface area (Å²) in [4.78, 5) is 3.78. The van der Waals surface area contributed by atoms with Crippen LogP contribution in [0.25, 0.3) is 0 Å². The lowest BCUT2D eigenvalue weighted by Gasteiger charge is -2.21. The van der Waals surface area contributed by atoms with Crippen LogP contribution in [0.1, 0.15) is 26.7 Å². The van der Waals surface area contributed by atoms with Crippen molar-refractivity contribution in [3.8, 4) is 0 Å². The molecule has 0 aromatic carbocycles. The van der Waals surface area contributed by atoms with Crippen molar-refractivity contribution in [2.45, 2.75) is 32.2 Å². The summed E-state index contributed by atoms with van der Waals surface area (Å²) in [5.41, 5.74) is -0.443. The molecule has 0 bridgehead atoms. The molecule has 0 aliphatic rings. The first-order chi connectivity index (χ1) is 4.74. The molecule has 0 rings (SSSR count). The third-order valence-electron chi connectivity index (χ3n) is 1.90. The highest BCUT2D eigenvalue weighted by molar-refractivity contribution is 5.85. The maximum absolute atomic E-state index is 8.89. The van der Waals surface area contributed by atoms with Crippen molar-refractivity contribution in [2.75, 3.05) is 6.61 Å². The Hall–Kier alpha value is -0.370. The maximum Gasteiger partial charge on any atom is 0.0941 e. The molecule has 0 aromatic rings. The Morgan fingerprint density at radius 1 is 1.45 bits per heavy atom. The van der Waals surface area contributed by atoms with E-state index in [1.54, 1.807) is 0 Å². The number of aliphatic hydroxyl groups is 1. The average Bonchev–Trinajstić information content (AvgIpc) is 2.01. The summed E-state index contributed by atoms with van der Waals surface area (Å²) in [6.07, 6.45) is 1.51. The van der Waals surface area contributed by atoms with E-state index < -0.39 is 5.54 Å². The van der Waals surface area contributed by atoms with E-state index in [0.29, 0.717) is 0 Å². The molecule has 0 aliphatic carbocycles. The van der Waals surface area contributed by atoms with Gasteiger partial charge in [0.15, 0.2) is 0 Å². The van der Waals surface area contributed by atoms with Gasteiger partial charge in [-0.05, 0) is 12.8 Å². The minimum atomic E-state index is -0.443. The van der Waals surface area contributed by atoms with E-state index in [1.165, 1.54) is 0 Å². The van der Waals surface area contributed by atoms with Crippen LogP contribution in [-0.4, -0.2) is 23.3 Å². The Morgan fingerprint density at radius 3 is 2.00 bits per heavy atom. The number of hydrogen-bond donors (Lipinski definition) is 2. The summed E-state index contributed by atoms with van der Waals surface area (Å²) in [5.74, 6) is 0. The molecule has 0 fully saturated rings. The van der Waals surface area contributed by atoms with Crippen molar-refractivity contribution in [1.82, 2.24) is 0 Å². The molecule has 4 heteroatoms. The number of hydrogen-bond acceptors (Lipinski definition) is 3. The second kappa shape index (κ2) is 6.35. The zero-order valence-electron chi connectivity index (χ0n) is 6.92. The van der Waals surface area contributed by atoms with Crippen LogP contribution in [0.4, 0.5) is 0 Å². The van der Waals surface area contributed by atoms with Gasteiger partial charge in [-0.3, -0.25) is 0 Å². The van der Waals surface area contributed by atoms with Gasteiger partial charge in [0.1, 0.15) is 0 Å². The van der Waals surface area contributed by atoms with Crippen LogP contribution >= 0.6 is 12.4 Å². The van der Waals surface area contributed by atoms with Crippen LogP contribution in [0.5, 0.6) is 0 Å². The summed E-state index contributed by atoms with van der Waals surface area (Å²) < 4.78 is 0. The lowest BCUT2D eigenvalue weighted by Crippen LogP contribution is -2.28. The zero-order chi connectivity index (χ0) is 8.04. The SMILES string of the molecule is CCC(CC)(CO)N=C=N.Cl. The van der Waals surface area contributed by atoms with E-state index in [4.69, 9.17) is 10.5 Å². The molecule has 0 saturated heterocycles. The highest BCUT2D eigenvalue weighted by Gasteiger charge is 2.23. The van der Waals surface area contributed by atoms with Gasteiger partial charge in [0.25, 0.3) is 0 Å². The van der Waals surface area contributed by atoms with E-state index in [2.05, 4.69) is 4.99 Å². The first kappa shape index (κ1) is 13.2. The van der Waals surface area contributed by atoms with Crippen molar-refractivity contribution in [3.05, 3.63) is 0 Å². The Balaban J connectivity index is 0. The molecule has 0 spiro atoms. The van der Waals surface area contributed by atoms with Gasteiger partial charge in [-0.25, -0.2) is 10.4 Å². The van der Waals surface area contributed by atoms with Gasteiger partial charge in [-0.15, -0.1) is 12.4 Å². The van der Waals surface area contributed by atoms with Crippen molar-refractivity contribution in [1.29, 1.82) is 5.41 Å². The number of aliphatic hydroxyl groups excluding tert-OH is 1. The van der Waals surface area contributed by atoms with Crippen molar-refractivity contribution in [3.63, 3.8) is 0 Å². The molecule has 0 radical (unpaired) electrons. The Labute approximate surface area is 73.5 Å². The first-order valence-electron chi connectivity index (χ1n) is 3.49. The van der Waals surface area contributed by atoms with Gasteiger partial charge < -0.3 is 5.11 Å². The Kier molecular flexibility index (Phi) is 7.64. The van der Waals surface area contributed by atoms with E-state index >= 15 is 0 Å². The van der Waals surface area contributed by atoms with Crippen molar-refractivity contribution in [2.24, 2.45) is 4.99 Å². The van der Waals surface area contributed by atoms with Gasteiger partial charge in [0.05, 0.1) is 18.2 Å². The van der Waals surface area contributed by atoms with Gasteiger partial charge in [-0.1, -0.05) is 13.8 Å². The number of rotatable bonds is 4. The quantitative estimate of drug-likeness (QED) is 0.633. The molecule has 0 amide bonds. The van der Waals surface area contributed by atoms with E-state index in [0.717, 1.165) is 12.8 Å². The fraction of sp³-hybridized carbons (Fsp3) is 0.857. The summed E-state index contributed by atoms with van der Waals surface area (Å²) in [6.45, 7) is 3.90. The monoisotopic (exact) mass is 178 g/mol. The normalized spacial score (nSPS) is 9.73. The second-order valence-corrected chi connectivity index (χ2v) is 2.31. The lowest BCUT2D eigenvalue weighted by atomic mass is 9.95. The minimum absolute atomic E-state index is 0. The smallest absolute Gasteiger partial charge is 0.0941 e. The van der Waals surface area contributed by atoms with Gasteiger partial charge in [-0.2, -0.15) is 0 Å². The van der Waals surface area contributed by atoms with Crippen LogP contribution in [0.15, 0.2) is 4.99 Å². The van der Waals surface area contributed by atoms with Crippen LogP contribution in [0.3, 0.4) is 0 Å². The molecule has 0 saturated carbocycles. The highest BCUT2D eigenvalue weighted by Crippen LogP contribution is 2.18. The molecule has 66 valence electrons. The van der Waals surface area contributed by atoms with Gasteiger partial charge in [0.2, 0.25) is 0 Å². The largest absolute Gasteiger partial charge is 0.394 e. The van der Waals surface area contributed by atoms with Gasteiger partial charge in [0, 0.05) is 0 Å². The number of halogens is 1. The first-order valence-corrected chi connectivity index (χ1v) is 3.49. The van der Waals surface area contributed by atoms with E-state index in [-0.39, 0.29) is 19.0 Å².